The normalized spacial score (nSPS) is 27.6. The number of ether oxygens (including phenoxy) is 1. The Balaban J connectivity index is 2.08. The van der Waals surface area contributed by atoms with Crippen LogP contribution in [0.5, 0.6) is 0 Å². The molecule has 0 aromatic heterocycles. The first-order valence-corrected chi connectivity index (χ1v) is 8.20. The monoisotopic (exact) mass is 349 g/mol. The number of benzene rings is 1. The third-order valence-electron chi connectivity index (χ3n) is 3.35. The average molecular weight is 350 g/mol. The molecule has 2 unspecified atom stereocenters. The first-order chi connectivity index (χ1) is 8.83. The summed E-state index contributed by atoms with van der Waals surface area (Å²) < 4.78 is 32.6. The Labute approximate surface area is 121 Å². The van der Waals surface area contributed by atoms with Gasteiger partial charge < -0.3 is 9.84 Å². The summed E-state index contributed by atoms with van der Waals surface area (Å²) in [5.41, 5.74) is -1.14. The quantitative estimate of drug-likeness (QED) is 0.858. The number of aliphatic hydroxyl groups is 1. The van der Waals surface area contributed by atoms with Crippen molar-refractivity contribution < 1.29 is 18.3 Å². The van der Waals surface area contributed by atoms with E-state index < -0.39 is 15.6 Å². The van der Waals surface area contributed by atoms with Gasteiger partial charge in [0.1, 0.15) is 5.60 Å². The maximum atomic E-state index is 12.1. The molecule has 7 heteroatoms. The van der Waals surface area contributed by atoms with Crippen molar-refractivity contribution >= 4 is 26.0 Å². The highest BCUT2D eigenvalue weighted by Crippen LogP contribution is 2.25. The summed E-state index contributed by atoms with van der Waals surface area (Å²) in [6.07, 6.45) is 0.0527. The summed E-state index contributed by atoms with van der Waals surface area (Å²) >= 11 is 3.25. The van der Waals surface area contributed by atoms with E-state index in [0.29, 0.717) is 13.0 Å². The van der Waals surface area contributed by atoms with Crippen LogP contribution < -0.4 is 4.72 Å². The van der Waals surface area contributed by atoms with Gasteiger partial charge in [0.15, 0.2) is 0 Å². The lowest BCUT2D eigenvalue weighted by Gasteiger charge is -2.26. The van der Waals surface area contributed by atoms with Gasteiger partial charge in [-0.1, -0.05) is 15.9 Å². The first-order valence-electron chi connectivity index (χ1n) is 5.93. The zero-order valence-corrected chi connectivity index (χ0v) is 12.9. The Bertz CT molecular complexity index is 545. The van der Waals surface area contributed by atoms with E-state index in [9.17, 15) is 13.5 Å². The van der Waals surface area contributed by atoms with Crippen LogP contribution in [0.4, 0.5) is 0 Å². The Kier molecular flexibility index (Phi) is 4.32. The molecule has 1 aromatic carbocycles. The number of hydrogen-bond acceptors (Lipinski definition) is 4. The van der Waals surface area contributed by atoms with Crippen LogP contribution in [0.15, 0.2) is 33.6 Å². The average Bonchev–Trinajstić information content (AvgIpc) is 2.69. The Morgan fingerprint density at radius 2 is 2.11 bits per heavy atom. The minimum absolute atomic E-state index is 0.0490. The van der Waals surface area contributed by atoms with Crippen LogP contribution in [-0.4, -0.2) is 38.4 Å². The van der Waals surface area contributed by atoms with Gasteiger partial charge in [0, 0.05) is 24.0 Å². The number of rotatable bonds is 4. The fourth-order valence-electron chi connectivity index (χ4n) is 1.92. The number of sulfonamides is 1. The standard InChI is InChI=1S/C12H16BrNO4S/c1-9-12(15,6-7-18-9)8-14-19(16,17)11-4-2-10(13)3-5-11/h2-5,9,14-15H,6-8H2,1H3. The van der Waals surface area contributed by atoms with Crippen LogP contribution in [0, 0.1) is 0 Å². The summed E-state index contributed by atoms with van der Waals surface area (Å²) in [6.45, 7) is 2.13. The molecule has 0 radical (unpaired) electrons. The number of nitrogens with one attached hydrogen (secondary N) is 1. The van der Waals surface area contributed by atoms with E-state index in [1.54, 1.807) is 19.1 Å². The molecule has 1 saturated heterocycles. The Hall–Kier alpha value is -0.470. The molecule has 0 saturated carbocycles. The lowest BCUT2D eigenvalue weighted by atomic mass is 9.97. The molecule has 1 fully saturated rings. The first kappa shape index (κ1) is 14.9. The van der Waals surface area contributed by atoms with E-state index in [1.807, 2.05) is 0 Å². The van der Waals surface area contributed by atoms with Crippen molar-refractivity contribution in [2.24, 2.45) is 0 Å². The molecule has 2 rings (SSSR count). The van der Waals surface area contributed by atoms with Crippen molar-refractivity contribution in [2.75, 3.05) is 13.2 Å². The topological polar surface area (TPSA) is 75.6 Å². The van der Waals surface area contributed by atoms with E-state index in [4.69, 9.17) is 4.74 Å². The molecule has 1 aliphatic heterocycles. The van der Waals surface area contributed by atoms with Gasteiger partial charge in [0.05, 0.1) is 11.0 Å². The lowest BCUT2D eigenvalue weighted by molar-refractivity contribution is -0.0228. The third kappa shape index (κ3) is 3.35. The summed E-state index contributed by atoms with van der Waals surface area (Å²) in [5.74, 6) is 0. The van der Waals surface area contributed by atoms with Gasteiger partial charge in [0.25, 0.3) is 0 Å². The van der Waals surface area contributed by atoms with E-state index in [2.05, 4.69) is 20.7 Å². The van der Waals surface area contributed by atoms with Crippen LogP contribution in [0.3, 0.4) is 0 Å². The lowest BCUT2D eigenvalue weighted by Crippen LogP contribution is -2.47. The SMILES string of the molecule is CC1OCCC1(O)CNS(=O)(=O)c1ccc(Br)cc1. The van der Waals surface area contributed by atoms with Gasteiger partial charge in [-0.25, -0.2) is 13.1 Å². The van der Waals surface area contributed by atoms with Gasteiger partial charge in [-0.3, -0.25) is 0 Å². The van der Waals surface area contributed by atoms with E-state index in [-0.39, 0.29) is 17.5 Å². The van der Waals surface area contributed by atoms with Gasteiger partial charge in [-0.05, 0) is 31.2 Å². The van der Waals surface area contributed by atoms with Crippen molar-refractivity contribution in [3.05, 3.63) is 28.7 Å². The highest BCUT2D eigenvalue weighted by molar-refractivity contribution is 9.10. The molecule has 0 amide bonds. The maximum Gasteiger partial charge on any atom is 0.240 e. The molecule has 106 valence electrons. The largest absolute Gasteiger partial charge is 0.386 e. The van der Waals surface area contributed by atoms with Crippen molar-refractivity contribution in [1.29, 1.82) is 0 Å². The molecular formula is C12H16BrNO4S. The summed E-state index contributed by atoms with van der Waals surface area (Å²) in [7, 11) is -3.61. The van der Waals surface area contributed by atoms with E-state index >= 15 is 0 Å². The summed E-state index contributed by atoms with van der Waals surface area (Å²) in [4.78, 5) is 0.172. The van der Waals surface area contributed by atoms with Crippen molar-refractivity contribution in [3.63, 3.8) is 0 Å². The fourth-order valence-corrected chi connectivity index (χ4v) is 3.29. The van der Waals surface area contributed by atoms with Gasteiger partial charge in [0.2, 0.25) is 10.0 Å². The molecule has 2 N–H and O–H groups in total. The van der Waals surface area contributed by atoms with Gasteiger partial charge in [-0.15, -0.1) is 0 Å². The van der Waals surface area contributed by atoms with Crippen LogP contribution in [0.25, 0.3) is 0 Å². The van der Waals surface area contributed by atoms with Crippen molar-refractivity contribution in [2.45, 2.75) is 29.9 Å². The predicted octanol–water partition coefficient (Wildman–Crippen LogP) is 1.27. The molecule has 2 atom stereocenters. The van der Waals surface area contributed by atoms with Crippen molar-refractivity contribution in [3.8, 4) is 0 Å². The summed E-state index contributed by atoms with van der Waals surface area (Å²) in [6, 6.07) is 6.32. The highest BCUT2D eigenvalue weighted by Gasteiger charge is 2.40. The number of hydrogen-bond donors (Lipinski definition) is 2. The molecule has 0 aliphatic carbocycles. The number of halogens is 1. The second-order valence-corrected chi connectivity index (χ2v) is 7.33. The minimum Gasteiger partial charge on any atom is -0.386 e. The zero-order valence-electron chi connectivity index (χ0n) is 10.5. The molecule has 0 bridgehead atoms. The molecule has 1 aliphatic rings. The van der Waals surface area contributed by atoms with E-state index in [0.717, 1.165) is 4.47 Å². The van der Waals surface area contributed by atoms with Gasteiger partial charge >= 0.3 is 0 Å². The predicted molar refractivity (Wildman–Crippen MR) is 74.3 cm³/mol. The van der Waals surface area contributed by atoms with Crippen LogP contribution in [0.2, 0.25) is 0 Å². The smallest absolute Gasteiger partial charge is 0.240 e. The third-order valence-corrected chi connectivity index (χ3v) is 5.30. The molecule has 19 heavy (non-hydrogen) atoms. The highest BCUT2D eigenvalue weighted by atomic mass is 79.9. The molecule has 1 aromatic rings. The fraction of sp³-hybridized carbons (Fsp3) is 0.500. The molecule has 1 heterocycles. The second-order valence-electron chi connectivity index (χ2n) is 4.65. The van der Waals surface area contributed by atoms with Crippen LogP contribution >= 0.6 is 15.9 Å². The molecule has 0 spiro atoms. The van der Waals surface area contributed by atoms with E-state index in [1.165, 1.54) is 12.1 Å². The van der Waals surface area contributed by atoms with Crippen LogP contribution in [0.1, 0.15) is 13.3 Å². The Morgan fingerprint density at radius 1 is 1.47 bits per heavy atom. The molecule has 5 nitrogen and oxygen atoms in total. The zero-order chi connectivity index (χ0) is 14.1. The second kappa shape index (κ2) is 5.49. The molecular weight excluding hydrogens is 334 g/mol. The van der Waals surface area contributed by atoms with Gasteiger partial charge in [-0.2, -0.15) is 0 Å². The summed E-state index contributed by atoms with van der Waals surface area (Å²) in [5, 5.41) is 10.3. The van der Waals surface area contributed by atoms with Crippen molar-refractivity contribution in [1.82, 2.24) is 4.72 Å². The Morgan fingerprint density at radius 3 is 2.63 bits per heavy atom. The minimum atomic E-state index is -3.61. The maximum absolute atomic E-state index is 12.1. The van der Waals surface area contributed by atoms with Crippen LogP contribution in [-0.2, 0) is 14.8 Å².